The second-order valence-electron chi connectivity index (χ2n) is 5.16. The van der Waals surface area contributed by atoms with Crippen molar-refractivity contribution in [1.29, 1.82) is 0 Å². The monoisotopic (exact) mass is 376 g/mol. The van der Waals surface area contributed by atoms with Gasteiger partial charge in [0.05, 0.1) is 31.2 Å². The van der Waals surface area contributed by atoms with Gasteiger partial charge in [0.1, 0.15) is 10.0 Å². The van der Waals surface area contributed by atoms with Crippen LogP contribution in [0.5, 0.6) is 0 Å². The first kappa shape index (κ1) is 20.7. The van der Waals surface area contributed by atoms with E-state index >= 15 is 0 Å². The number of carbonyl (C=O) groups excluding carboxylic acids is 2. The third-order valence-corrected chi connectivity index (χ3v) is 4.18. The molecule has 0 aliphatic rings. The predicted molar refractivity (Wildman–Crippen MR) is 85.2 cm³/mol. The number of aliphatic hydroxyl groups excluding tert-OH is 2. The Bertz CT molecular complexity index is 623. The number of primary amides is 1. The lowest BCUT2D eigenvalue weighted by Gasteiger charge is -2.20. The number of aliphatic carboxylic acids is 1. The molecule has 0 saturated heterocycles. The van der Waals surface area contributed by atoms with Crippen molar-refractivity contribution in [3.8, 4) is 0 Å². The lowest BCUT2D eigenvalue weighted by molar-refractivity contribution is -0.141. The summed E-state index contributed by atoms with van der Waals surface area (Å²) >= 11 is 0.966. The molecule has 0 fully saturated rings. The van der Waals surface area contributed by atoms with Crippen LogP contribution in [-0.2, 0) is 9.59 Å². The Morgan fingerprint density at radius 1 is 1.24 bits per heavy atom. The van der Waals surface area contributed by atoms with E-state index in [1.165, 1.54) is 6.92 Å². The van der Waals surface area contributed by atoms with E-state index in [2.05, 4.69) is 20.8 Å². The van der Waals surface area contributed by atoms with Crippen LogP contribution in [0.3, 0.4) is 0 Å². The zero-order valence-corrected chi connectivity index (χ0v) is 14.1. The number of aromatic nitrogens is 2. The van der Waals surface area contributed by atoms with Gasteiger partial charge in [-0.2, -0.15) is 0 Å². The number of urea groups is 1. The summed E-state index contributed by atoms with van der Waals surface area (Å²) < 4.78 is 0. The second kappa shape index (κ2) is 9.22. The van der Waals surface area contributed by atoms with E-state index < -0.39 is 42.1 Å². The van der Waals surface area contributed by atoms with Gasteiger partial charge in [0, 0.05) is 0 Å². The van der Waals surface area contributed by atoms with Gasteiger partial charge in [0.15, 0.2) is 6.04 Å². The number of hydrogen-bond acceptors (Lipinski definition) is 9. The zero-order chi connectivity index (χ0) is 19.1. The summed E-state index contributed by atoms with van der Waals surface area (Å²) in [5.74, 6) is -2.16. The number of carboxylic acids is 1. The molecule has 0 aliphatic heterocycles. The predicted octanol–water partition coefficient (Wildman–Crippen LogP) is -2.42. The van der Waals surface area contributed by atoms with Crippen molar-refractivity contribution in [1.82, 2.24) is 20.8 Å². The fourth-order valence-electron chi connectivity index (χ4n) is 1.75. The Hall–Kier alpha value is -2.35. The minimum atomic E-state index is -1.54. The zero-order valence-electron chi connectivity index (χ0n) is 13.2. The summed E-state index contributed by atoms with van der Waals surface area (Å²) in [4.78, 5) is 34.2. The molecule has 1 heterocycles. The number of carboxylic acid groups (broad SMARTS) is 1. The minimum absolute atomic E-state index is 0.205. The average molecular weight is 376 g/mol. The molecule has 1 aromatic heterocycles. The van der Waals surface area contributed by atoms with Crippen LogP contribution in [0.2, 0.25) is 0 Å². The minimum Gasteiger partial charge on any atom is -0.480 e. The summed E-state index contributed by atoms with van der Waals surface area (Å²) in [7, 11) is 0. The summed E-state index contributed by atoms with van der Waals surface area (Å²) in [6.45, 7) is 0.838. The standard InChI is InChI=1S/C12H20N6O6S/c1-4(20)8(11(22)23)16-12(24)15-6(2-7(14)21)10-18-17-9(25-10)5(13)3-19/h4-6,8,19-20H,2-3,13H2,1H3,(H2,14,21)(H,22,23)(H2,15,16,24). The lowest BCUT2D eigenvalue weighted by atomic mass is 10.2. The van der Waals surface area contributed by atoms with E-state index in [1.807, 2.05) is 0 Å². The highest BCUT2D eigenvalue weighted by atomic mass is 32.1. The number of carbonyl (C=O) groups is 3. The van der Waals surface area contributed by atoms with Crippen molar-refractivity contribution >= 4 is 29.2 Å². The molecule has 12 nitrogen and oxygen atoms in total. The first-order valence-corrected chi connectivity index (χ1v) is 7.93. The number of amides is 3. The van der Waals surface area contributed by atoms with Crippen LogP contribution in [0.4, 0.5) is 4.79 Å². The Labute approximate surface area is 146 Å². The van der Waals surface area contributed by atoms with E-state index in [0.717, 1.165) is 11.3 Å². The fraction of sp³-hybridized carbons (Fsp3) is 0.583. The van der Waals surface area contributed by atoms with Crippen molar-refractivity contribution in [2.75, 3.05) is 6.61 Å². The van der Waals surface area contributed by atoms with Gasteiger partial charge in [0.2, 0.25) is 5.91 Å². The SMILES string of the molecule is CC(O)C(NC(=O)NC(CC(N)=O)c1nnc(C(N)CO)s1)C(=O)O. The van der Waals surface area contributed by atoms with Crippen LogP contribution in [0.15, 0.2) is 0 Å². The van der Waals surface area contributed by atoms with E-state index in [9.17, 15) is 19.5 Å². The van der Waals surface area contributed by atoms with Crippen molar-refractivity contribution in [2.24, 2.45) is 11.5 Å². The van der Waals surface area contributed by atoms with E-state index in [0.29, 0.717) is 5.01 Å². The maximum Gasteiger partial charge on any atom is 0.328 e. The smallest absolute Gasteiger partial charge is 0.328 e. The summed E-state index contributed by atoms with van der Waals surface area (Å²) in [5, 5.41) is 39.8. The van der Waals surface area contributed by atoms with Crippen LogP contribution < -0.4 is 22.1 Å². The largest absolute Gasteiger partial charge is 0.480 e. The molecular weight excluding hydrogens is 356 g/mol. The number of rotatable bonds is 9. The fourth-order valence-corrected chi connectivity index (χ4v) is 2.63. The molecule has 3 amide bonds. The third kappa shape index (κ3) is 6.22. The Balaban J connectivity index is 2.89. The van der Waals surface area contributed by atoms with Crippen LogP contribution in [-0.4, -0.2) is 62.2 Å². The third-order valence-electron chi connectivity index (χ3n) is 3.01. The van der Waals surface area contributed by atoms with Gasteiger partial charge in [-0.05, 0) is 6.92 Å². The molecule has 0 saturated carbocycles. The maximum atomic E-state index is 12.0. The molecule has 4 unspecified atom stereocenters. The Morgan fingerprint density at radius 2 is 1.84 bits per heavy atom. The van der Waals surface area contributed by atoms with Crippen molar-refractivity contribution in [3.05, 3.63) is 10.0 Å². The Morgan fingerprint density at radius 3 is 2.32 bits per heavy atom. The van der Waals surface area contributed by atoms with E-state index in [1.54, 1.807) is 0 Å². The van der Waals surface area contributed by atoms with Crippen LogP contribution in [0.1, 0.15) is 35.4 Å². The van der Waals surface area contributed by atoms with E-state index in [4.69, 9.17) is 21.7 Å². The first-order chi connectivity index (χ1) is 11.6. The summed E-state index contributed by atoms with van der Waals surface area (Å²) in [5.41, 5.74) is 10.8. The number of hydrogen-bond donors (Lipinski definition) is 7. The Kier molecular flexibility index (Phi) is 7.63. The van der Waals surface area contributed by atoms with Crippen molar-refractivity contribution < 1.29 is 29.7 Å². The van der Waals surface area contributed by atoms with Crippen molar-refractivity contribution in [3.63, 3.8) is 0 Å². The number of nitrogens with zero attached hydrogens (tertiary/aromatic N) is 2. The first-order valence-electron chi connectivity index (χ1n) is 7.11. The normalized spacial score (nSPS) is 15.7. The van der Waals surface area contributed by atoms with Gasteiger partial charge < -0.3 is 37.4 Å². The molecule has 4 atom stereocenters. The maximum absolute atomic E-state index is 12.0. The van der Waals surface area contributed by atoms with Crippen LogP contribution in [0, 0.1) is 0 Å². The molecular formula is C12H20N6O6S. The molecule has 0 radical (unpaired) electrons. The molecule has 1 rings (SSSR count). The van der Waals surface area contributed by atoms with Gasteiger partial charge in [-0.1, -0.05) is 11.3 Å². The van der Waals surface area contributed by atoms with Gasteiger partial charge >= 0.3 is 12.0 Å². The molecule has 13 heteroatoms. The molecule has 0 spiro atoms. The highest BCUT2D eigenvalue weighted by Crippen LogP contribution is 2.23. The number of nitrogens with one attached hydrogen (secondary N) is 2. The molecule has 140 valence electrons. The summed E-state index contributed by atoms with van der Waals surface area (Å²) in [6, 6.07) is -4.22. The molecule has 9 N–H and O–H groups in total. The number of aliphatic hydroxyl groups is 2. The lowest BCUT2D eigenvalue weighted by Crippen LogP contribution is -2.51. The van der Waals surface area contributed by atoms with Gasteiger partial charge in [-0.3, -0.25) is 4.79 Å². The second-order valence-corrected chi connectivity index (χ2v) is 6.21. The van der Waals surface area contributed by atoms with E-state index in [-0.39, 0.29) is 18.0 Å². The van der Waals surface area contributed by atoms with Crippen molar-refractivity contribution in [2.45, 2.75) is 37.6 Å². The van der Waals surface area contributed by atoms with Gasteiger partial charge in [-0.15, -0.1) is 10.2 Å². The quantitative estimate of drug-likeness (QED) is 0.244. The molecule has 0 aliphatic carbocycles. The highest BCUT2D eigenvalue weighted by Gasteiger charge is 2.28. The van der Waals surface area contributed by atoms with Gasteiger partial charge in [0.25, 0.3) is 0 Å². The average Bonchev–Trinajstić information content (AvgIpc) is 3.00. The molecule has 0 bridgehead atoms. The highest BCUT2D eigenvalue weighted by molar-refractivity contribution is 7.11. The number of nitrogens with two attached hydrogens (primary N) is 2. The topological polar surface area (TPSA) is 214 Å². The van der Waals surface area contributed by atoms with Crippen LogP contribution in [0.25, 0.3) is 0 Å². The van der Waals surface area contributed by atoms with Gasteiger partial charge in [-0.25, -0.2) is 9.59 Å². The van der Waals surface area contributed by atoms with Crippen LogP contribution >= 0.6 is 11.3 Å². The summed E-state index contributed by atoms with van der Waals surface area (Å²) in [6.07, 6.45) is -1.66. The molecule has 1 aromatic rings. The molecule has 25 heavy (non-hydrogen) atoms. The molecule has 0 aromatic carbocycles.